The molecule has 0 spiro atoms. The summed E-state index contributed by atoms with van der Waals surface area (Å²) in [6.07, 6.45) is 1.51. The molecule has 0 saturated carbocycles. The van der Waals surface area contributed by atoms with Gasteiger partial charge in [-0.2, -0.15) is 0 Å². The highest BCUT2D eigenvalue weighted by Crippen LogP contribution is 2.21. The van der Waals surface area contributed by atoms with Gasteiger partial charge in [-0.1, -0.05) is 25.1 Å². The van der Waals surface area contributed by atoms with Gasteiger partial charge in [0.25, 0.3) is 0 Å². The number of aldehydes is 1. The van der Waals surface area contributed by atoms with Crippen LogP contribution in [0.25, 0.3) is 0 Å². The number of para-hydroxylation sites is 1. The third-order valence-corrected chi connectivity index (χ3v) is 3.29. The number of benzene rings is 1. The van der Waals surface area contributed by atoms with Gasteiger partial charge in [-0.25, -0.2) is 0 Å². The molecule has 0 atom stereocenters. The standard InChI is InChI=1S/C12H20N.C3H6O/c1-4-13(5-2,6-3)12-10-8-7-9-11-12;1-2-3-4/h7-11H,4-6H2,1-3H3;3H,2H2,1H3/q+1;. The molecule has 0 N–H and O–H groups in total. The summed E-state index contributed by atoms with van der Waals surface area (Å²) in [5.41, 5.74) is 1.44. The Morgan fingerprint density at radius 1 is 0.941 bits per heavy atom. The Bertz CT molecular complexity index is 283. The minimum atomic E-state index is 0.639. The van der Waals surface area contributed by atoms with Crippen LogP contribution in [0.4, 0.5) is 5.69 Å². The summed E-state index contributed by atoms with van der Waals surface area (Å²) >= 11 is 0. The molecule has 17 heavy (non-hydrogen) atoms. The van der Waals surface area contributed by atoms with Crippen LogP contribution in [-0.4, -0.2) is 25.9 Å². The number of quaternary nitrogens is 1. The van der Waals surface area contributed by atoms with Gasteiger partial charge in [-0.05, 0) is 32.9 Å². The molecule has 0 amide bonds. The SMILES string of the molecule is CCC=O.CC[N+](CC)(CC)c1ccccc1. The molecule has 0 aliphatic carbocycles. The van der Waals surface area contributed by atoms with E-state index in [1.807, 2.05) is 6.92 Å². The lowest BCUT2D eigenvalue weighted by Gasteiger charge is -2.35. The van der Waals surface area contributed by atoms with E-state index in [-0.39, 0.29) is 0 Å². The van der Waals surface area contributed by atoms with Gasteiger partial charge in [0.1, 0.15) is 12.0 Å². The van der Waals surface area contributed by atoms with Crippen LogP contribution < -0.4 is 4.48 Å². The largest absolute Gasteiger partial charge is 0.303 e. The number of hydrogen-bond donors (Lipinski definition) is 0. The lowest BCUT2D eigenvalue weighted by atomic mass is 10.2. The van der Waals surface area contributed by atoms with Gasteiger partial charge in [0.15, 0.2) is 0 Å². The normalized spacial score (nSPS) is 10.4. The third-order valence-electron chi connectivity index (χ3n) is 3.29. The summed E-state index contributed by atoms with van der Waals surface area (Å²) < 4.78 is 1.10. The zero-order valence-corrected chi connectivity index (χ0v) is 11.6. The molecule has 0 fully saturated rings. The summed E-state index contributed by atoms with van der Waals surface area (Å²) in [7, 11) is 0. The molecule has 96 valence electrons. The average molecular weight is 236 g/mol. The van der Waals surface area contributed by atoms with Crippen molar-refractivity contribution in [3.05, 3.63) is 30.3 Å². The Balaban J connectivity index is 0.000000557. The van der Waals surface area contributed by atoms with Crippen molar-refractivity contribution in [1.82, 2.24) is 4.48 Å². The fourth-order valence-electron chi connectivity index (χ4n) is 1.96. The van der Waals surface area contributed by atoms with Gasteiger partial charge in [0.05, 0.1) is 19.6 Å². The van der Waals surface area contributed by atoms with Crippen LogP contribution in [0.5, 0.6) is 0 Å². The van der Waals surface area contributed by atoms with Gasteiger partial charge < -0.3 is 4.79 Å². The molecule has 0 radical (unpaired) electrons. The molecule has 0 aliphatic heterocycles. The number of carbonyl (C=O) groups excluding carboxylic acids is 1. The van der Waals surface area contributed by atoms with E-state index in [1.54, 1.807) is 0 Å². The topological polar surface area (TPSA) is 17.1 Å². The summed E-state index contributed by atoms with van der Waals surface area (Å²) in [6.45, 7) is 12.1. The zero-order chi connectivity index (χ0) is 13.1. The van der Waals surface area contributed by atoms with Gasteiger partial charge in [-0.3, -0.25) is 4.48 Å². The molecule has 2 heteroatoms. The first kappa shape index (κ1) is 15.9. The van der Waals surface area contributed by atoms with E-state index < -0.39 is 0 Å². The van der Waals surface area contributed by atoms with Gasteiger partial charge in [0.2, 0.25) is 0 Å². The molecular formula is C15H26NO+. The first-order valence-corrected chi connectivity index (χ1v) is 6.56. The molecule has 1 aromatic rings. The maximum atomic E-state index is 9.17. The van der Waals surface area contributed by atoms with Crippen molar-refractivity contribution >= 4 is 12.0 Å². The Labute approximate surface area is 106 Å². The molecular weight excluding hydrogens is 210 g/mol. The minimum absolute atomic E-state index is 0.639. The molecule has 1 rings (SSSR count). The van der Waals surface area contributed by atoms with Crippen LogP contribution in [-0.2, 0) is 4.79 Å². The van der Waals surface area contributed by atoms with Gasteiger partial charge in [-0.15, -0.1) is 0 Å². The molecule has 0 heterocycles. The lowest BCUT2D eigenvalue weighted by molar-refractivity contribution is -0.107. The fourth-order valence-corrected chi connectivity index (χ4v) is 1.96. The first-order chi connectivity index (χ1) is 8.20. The summed E-state index contributed by atoms with van der Waals surface area (Å²) in [5.74, 6) is 0. The van der Waals surface area contributed by atoms with Crippen molar-refractivity contribution in [3.8, 4) is 0 Å². The second-order valence-corrected chi connectivity index (χ2v) is 4.00. The maximum Gasteiger partial charge on any atom is 0.132 e. The lowest BCUT2D eigenvalue weighted by Crippen LogP contribution is -2.48. The molecule has 0 saturated heterocycles. The fraction of sp³-hybridized carbons (Fsp3) is 0.533. The van der Waals surface area contributed by atoms with E-state index in [9.17, 15) is 4.79 Å². The predicted molar refractivity (Wildman–Crippen MR) is 76.2 cm³/mol. The van der Waals surface area contributed by atoms with E-state index >= 15 is 0 Å². The number of rotatable bonds is 5. The van der Waals surface area contributed by atoms with E-state index in [0.29, 0.717) is 6.42 Å². The number of hydrogen-bond acceptors (Lipinski definition) is 1. The Morgan fingerprint density at radius 2 is 1.35 bits per heavy atom. The van der Waals surface area contributed by atoms with Crippen LogP contribution >= 0.6 is 0 Å². The van der Waals surface area contributed by atoms with Crippen molar-refractivity contribution in [1.29, 1.82) is 0 Å². The predicted octanol–water partition coefficient (Wildman–Crippen LogP) is 3.65. The van der Waals surface area contributed by atoms with Crippen molar-refractivity contribution in [3.63, 3.8) is 0 Å². The molecule has 0 unspecified atom stereocenters. The van der Waals surface area contributed by atoms with Crippen molar-refractivity contribution in [2.45, 2.75) is 34.1 Å². The van der Waals surface area contributed by atoms with E-state index in [1.165, 1.54) is 25.3 Å². The van der Waals surface area contributed by atoms with E-state index in [4.69, 9.17) is 0 Å². The highest BCUT2D eigenvalue weighted by atomic mass is 16.1. The van der Waals surface area contributed by atoms with Gasteiger partial charge in [0, 0.05) is 6.42 Å². The van der Waals surface area contributed by atoms with Crippen LogP contribution in [0.2, 0.25) is 0 Å². The minimum Gasteiger partial charge on any atom is -0.303 e. The molecule has 0 bridgehead atoms. The smallest absolute Gasteiger partial charge is 0.132 e. The Kier molecular flexibility index (Phi) is 8.34. The summed E-state index contributed by atoms with van der Waals surface area (Å²) in [5, 5.41) is 0. The first-order valence-electron chi connectivity index (χ1n) is 6.56. The Hall–Kier alpha value is -1.15. The van der Waals surface area contributed by atoms with E-state index in [0.717, 1.165) is 10.8 Å². The Morgan fingerprint density at radius 3 is 1.65 bits per heavy atom. The second-order valence-electron chi connectivity index (χ2n) is 4.00. The third kappa shape index (κ3) is 4.70. The average Bonchev–Trinajstić information content (AvgIpc) is 2.43. The van der Waals surface area contributed by atoms with Crippen molar-refractivity contribution in [2.24, 2.45) is 0 Å². The van der Waals surface area contributed by atoms with Crippen LogP contribution in [0.1, 0.15) is 34.1 Å². The highest BCUT2D eigenvalue weighted by molar-refractivity contribution is 5.48. The summed E-state index contributed by atoms with van der Waals surface area (Å²) in [4.78, 5) is 9.17. The molecule has 1 aromatic carbocycles. The highest BCUT2D eigenvalue weighted by Gasteiger charge is 2.23. The second kappa shape index (κ2) is 8.94. The van der Waals surface area contributed by atoms with Crippen LogP contribution in [0, 0.1) is 0 Å². The van der Waals surface area contributed by atoms with Crippen LogP contribution in [0.3, 0.4) is 0 Å². The molecule has 0 aliphatic rings. The zero-order valence-electron chi connectivity index (χ0n) is 11.6. The number of nitrogens with zero attached hydrogens (tertiary/aromatic N) is 1. The van der Waals surface area contributed by atoms with Crippen LogP contribution in [0.15, 0.2) is 30.3 Å². The monoisotopic (exact) mass is 236 g/mol. The number of carbonyl (C=O) groups is 1. The maximum absolute atomic E-state index is 9.17. The van der Waals surface area contributed by atoms with E-state index in [2.05, 4.69) is 51.1 Å². The quantitative estimate of drug-likeness (QED) is 0.563. The van der Waals surface area contributed by atoms with Gasteiger partial charge >= 0.3 is 0 Å². The molecule has 0 aromatic heterocycles. The van der Waals surface area contributed by atoms with Crippen molar-refractivity contribution < 1.29 is 4.79 Å². The van der Waals surface area contributed by atoms with Crippen molar-refractivity contribution in [2.75, 3.05) is 19.6 Å². The molecule has 2 nitrogen and oxygen atoms in total. The summed E-state index contributed by atoms with van der Waals surface area (Å²) in [6, 6.07) is 10.8.